The molecule has 0 aliphatic rings. The molecule has 4 heteroatoms. The van der Waals surface area contributed by atoms with E-state index in [1.54, 1.807) is 0 Å². The Labute approximate surface area is 119 Å². The molecule has 0 saturated carbocycles. The highest BCUT2D eigenvalue weighted by Crippen LogP contribution is 2.15. The first-order valence-electron chi connectivity index (χ1n) is 6.59. The van der Waals surface area contributed by atoms with Crippen LogP contribution in [-0.4, -0.2) is 6.03 Å². The lowest BCUT2D eigenvalue weighted by atomic mass is 10.1. The van der Waals surface area contributed by atoms with Gasteiger partial charge in [-0.3, -0.25) is 0 Å². The summed E-state index contributed by atoms with van der Waals surface area (Å²) in [5, 5.41) is 5.62. The summed E-state index contributed by atoms with van der Waals surface area (Å²) in [4.78, 5) is 11.8. The van der Waals surface area contributed by atoms with Crippen LogP contribution in [0.25, 0.3) is 0 Å². The van der Waals surface area contributed by atoms with Crippen molar-refractivity contribution in [1.82, 2.24) is 5.32 Å². The minimum atomic E-state index is -0.226. The summed E-state index contributed by atoms with van der Waals surface area (Å²) in [6.45, 7) is 2.41. The van der Waals surface area contributed by atoms with Crippen LogP contribution in [0.5, 0.6) is 0 Å². The van der Waals surface area contributed by atoms with Gasteiger partial charge in [0.05, 0.1) is 0 Å². The van der Waals surface area contributed by atoms with E-state index in [1.807, 2.05) is 61.5 Å². The minimum absolute atomic E-state index is 0.0517. The zero-order valence-corrected chi connectivity index (χ0v) is 11.5. The summed E-state index contributed by atoms with van der Waals surface area (Å²) in [6, 6.07) is 17.0. The van der Waals surface area contributed by atoms with E-state index in [1.165, 1.54) is 0 Å². The zero-order chi connectivity index (χ0) is 14.4. The van der Waals surface area contributed by atoms with Crippen molar-refractivity contribution in [3.8, 4) is 0 Å². The van der Waals surface area contributed by atoms with Crippen LogP contribution in [0.4, 0.5) is 10.5 Å². The smallest absolute Gasteiger partial charge is 0.319 e. The van der Waals surface area contributed by atoms with Gasteiger partial charge in [0, 0.05) is 18.3 Å². The maximum absolute atomic E-state index is 11.8. The molecule has 2 amide bonds. The van der Waals surface area contributed by atoms with Gasteiger partial charge in [-0.2, -0.15) is 0 Å². The Kier molecular flexibility index (Phi) is 4.74. The SMILES string of the molecule is CC(N)c1cccc(NC(=O)NCc2ccccc2)c1. The molecule has 0 aliphatic heterocycles. The molecule has 20 heavy (non-hydrogen) atoms. The van der Waals surface area contributed by atoms with Gasteiger partial charge < -0.3 is 16.4 Å². The summed E-state index contributed by atoms with van der Waals surface area (Å²) in [5.41, 5.74) is 8.61. The summed E-state index contributed by atoms with van der Waals surface area (Å²) in [6.07, 6.45) is 0. The number of nitrogens with one attached hydrogen (secondary N) is 2. The monoisotopic (exact) mass is 269 g/mol. The molecule has 0 spiro atoms. The van der Waals surface area contributed by atoms with Crippen LogP contribution in [0, 0.1) is 0 Å². The second kappa shape index (κ2) is 6.73. The first kappa shape index (κ1) is 14.1. The molecule has 0 heterocycles. The second-order valence-corrected chi connectivity index (χ2v) is 4.71. The fourth-order valence-electron chi connectivity index (χ4n) is 1.85. The van der Waals surface area contributed by atoms with Gasteiger partial charge in [-0.05, 0) is 30.2 Å². The van der Waals surface area contributed by atoms with Crippen molar-refractivity contribution >= 4 is 11.7 Å². The van der Waals surface area contributed by atoms with Crippen molar-refractivity contribution in [2.45, 2.75) is 19.5 Å². The van der Waals surface area contributed by atoms with Crippen LogP contribution in [0.15, 0.2) is 54.6 Å². The number of urea groups is 1. The Morgan fingerprint density at radius 3 is 2.60 bits per heavy atom. The molecule has 0 radical (unpaired) electrons. The molecule has 4 nitrogen and oxygen atoms in total. The van der Waals surface area contributed by atoms with Gasteiger partial charge in [-0.1, -0.05) is 42.5 Å². The standard InChI is InChI=1S/C16H19N3O/c1-12(17)14-8-5-9-15(10-14)19-16(20)18-11-13-6-3-2-4-7-13/h2-10,12H,11,17H2,1H3,(H2,18,19,20). The number of hydrogen-bond acceptors (Lipinski definition) is 2. The third kappa shape index (κ3) is 4.10. The maximum atomic E-state index is 11.8. The number of benzene rings is 2. The highest BCUT2D eigenvalue weighted by molar-refractivity contribution is 5.89. The fourth-order valence-corrected chi connectivity index (χ4v) is 1.85. The average molecular weight is 269 g/mol. The number of rotatable bonds is 4. The molecule has 0 saturated heterocycles. The Morgan fingerprint density at radius 2 is 1.90 bits per heavy atom. The molecular weight excluding hydrogens is 250 g/mol. The molecular formula is C16H19N3O. The predicted molar refractivity (Wildman–Crippen MR) is 81.3 cm³/mol. The number of nitrogens with two attached hydrogens (primary N) is 1. The molecule has 0 fully saturated rings. The lowest BCUT2D eigenvalue weighted by Crippen LogP contribution is -2.28. The molecule has 1 unspecified atom stereocenters. The van der Waals surface area contributed by atoms with E-state index in [9.17, 15) is 4.79 Å². The predicted octanol–water partition coefficient (Wildman–Crippen LogP) is 3.03. The number of carbonyl (C=O) groups is 1. The summed E-state index contributed by atoms with van der Waals surface area (Å²) in [5.74, 6) is 0. The van der Waals surface area contributed by atoms with E-state index in [2.05, 4.69) is 10.6 Å². The van der Waals surface area contributed by atoms with Crippen molar-refractivity contribution in [3.63, 3.8) is 0 Å². The Balaban J connectivity index is 1.90. The van der Waals surface area contributed by atoms with Crippen LogP contribution < -0.4 is 16.4 Å². The van der Waals surface area contributed by atoms with Gasteiger partial charge in [0.15, 0.2) is 0 Å². The fraction of sp³-hybridized carbons (Fsp3) is 0.188. The van der Waals surface area contributed by atoms with Crippen molar-refractivity contribution in [2.75, 3.05) is 5.32 Å². The van der Waals surface area contributed by atoms with Crippen LogP contribution in [0.3, 0.4) is 0 Å². The quantitative estimate of drug-likeness (QED) is 0.798. The lowest BCUT2D eigenvalue weighted by molar-refractivity contribution is 0.251. The van der Waals surface area contributed by atoms with Crippen molar-refractivity contribution in [3.05, 3.63) is 65.7 Å². The van der Waals surface area contributed by atoms with Gasteiger partial charge in [0.1, 0.15) is 0 Å². The van der Waals surface area contributed by atoms with Gasteiger partial charge in [0.25, 0.3) is 0 Å². The van der Waals surface area contributed by atoms with E-state index < -0.39 is 0 Å². The van der Waals surface area contributed by atoms with Crippen LogP contribution in [0.2, 0.25) is 0 Å². The van der Waals surface area contributed by atoms with Crippen LogP contribution in [-0.2, 0) is 6.54 Å². The summed E-state index contributed by atoms with van der Waals surface area (Å²) >= 11 is 0. The normalized spacial score (nSPS) is 11.7. The first-order chi connectivity index (χ1) is 9.65. The van der Waals surface area contributed by atoms with E-state index in [0.717, 1.165) is 16.8 Å². The van der Waals surface area contributed by atoms with E-state index in [4.69, 9.17) is 5.73 Å². The van der Waals surface area contributed by atoms with Gasteiger partial charge >= 0.3 is 6.03 Å². The largest absolute Gasteiger partial charge is 0.334 e. The molecule has 4 N–H and O–H groups in total. The Bertz CT molecular complexity index is 567. The number of anilines is 1. The first-order valence-corrected chi connectivity index (χ1v) is 6.59. The number of amides is 2. The number of carbonyl (C=O) groups excluding carboxylic acids is 1. The molecule has 0 bridgehead atoms. The zero-order valence-electron chi connectivity index (χ0n) is 11.5. The third-order valence-corrected chi connectivity index (χ3v) is 2.97. The van der Waals surface area contributed by atoms with E-state index >= 15 is 0 Å². The highest BCUT2D eigenvalue weighted by atomic mass is 16.2. The Morgan fingerprint density at radius 1 is 1.15 bits per heavy atom. The Hall–Kier alpha value is -2.33. The second-order valence-electron chi connectivity index (χ2n) is 4.71. The maximum Gasteiger partial charge on any atom is 0.319 e. The third-order valence-electron chi connectivity index (χ3n) is 2.97. The molecule has 2 rings (SSSR count). The van der Waals surface area contributed by atoms with E-state index in [0.29, 0.717) is 6.54 Å². The van der Waals surface area contributed by atoms with Crippen molar-refractivity contribution < 1.29 is 4.79 Å². The molecule has 104 valence electrons. The average Bonchev–Trinajstić information content (AvgIpc) is 2.46. The summed E-state index contributed by atoms with van der Waals surface area (Å²) in [7, 11) is 0. The lowest BCUT2D eigenvalue weighted by Gasteiger charge is -2.10. The minimum Gasteiger partial charge on any atom is -0.334 e. The molecule has 0 aromatic heterocycles. The van der Waals surface area contributed by atoms with Crippen LogP contribution in [0.1, 0.15) is 24.1 Å². The van der Waals surface area contributed by atoms with Crippen molar-refractivity contribution in [1.29, 1.82) is 0 Å². The molecule has 2 aromatic rings. The topological polar surface area (TPSA) is 67.1 Å². The van der Waals surface area contributed by atoms with Gasteiger partial charge in [-0.15, -0.1) is 0 Å². The van der Waals surface area contributed by atoms with Crippen molar-refractivity contribution in [2.24, 2.45) is 5.73 Å². The highest BCUT2D eigenvalue weighted by Gasteiger charge is 2.04. The molecule has 2 aromatic carbocycles. The van der Waals surface area contributed by atoms with Gasteiger partial charge in [0.2, 0.25) is 0 Å². The van der Waals surface area contributed by atoms with Gasteiger partial charge in [-0.25, -0.2) is 4.79 Å². The molecule has 0 aliphatic carbocycles. The number of hydrogen-bond donors (Lipinski definition) is 3. The van der Waals surface area contributed by atoms with Crippen LogP contribution >= 0.6 is 0 Å². The summed E-state index contributed by atoms with van der Waals surface area (Å²) < 4.78 is 0. The molecule has 1 atom stereocenters. The van der Waals surface area contributed by atoms with E-state index in [-0.39, 0.29) is 12.1 Å².